The van der Waals surface area contributed by atoms with Crippen molar-refractivity contribution in [3.63, 3.8) is 0 Å². The highest BCUT2D eigenvalue weighted by molar-refractivity contribution is 7.99. The second kappa shape index (κ2) is 9.39. The summed E-state index contributed by atoms with van der Waals surface area (Å²) in [5.74, 6) is 0.239. The van der Waals surface area contributed by atoms with Crippen LogP contribution < -0.4 is 5.32 Å². The SMILES string of the molecule is Cc1ccc(CNC(=O)CSc2nc(CO)cn2Cc2ccccc2)cc1. The van der Waals surface area contributed by atoms with E-state index in [2.05, 4.69) is 10.3 Å². The number of carbonyl (C=O) groups excluding carboxylic acids is 1. The number of aryl methyl sites for hydroxylation is 1. The van der Waals surface area contributed by atoms with Crippen molar-refractivity contribution >= 4 is 17.7 Å². The van der Waals surface area contributed by atoms with Crippen molar-refractivity contribution in [1.82, 2.24) is 14.9 Å². The van der Waals surface area contributed by atoms with Gasteiger partial charge in [-0.2, -0.15) is 0 Å². The quantitative estimate of drug-likeness (QED) is 0.588. The number of hydrogen-bond acceptors (Lipinski definition) is 4. The molecule has 0 aliphatic rings. The number of thioether (sulfide) groups is 1. The maximum Gasteiger partial charge on any atom is 0.230 e. The zero-order valence-corrected chi connectivity index (χ0v) is 16.1. The van der Waals surface area contributed by atoms with Gasteiger partial charge < -0.3 is 15.0 Å². The largest absolute Gasteiger partial charge is 0.390 e. The van der Waals surface area contributed by atoms with Crippen LogP contribution in [0.4, 0.5) is 0 Å². The average Bonchev–Trinajstić information content (AvgIpc) is 3.08. The minimum absolute atomic E-state index is 0.0413. The molecule has 0 atom stereocenters. The number of hydrogen-bond donors (Lipinski definition) is 2. The number of aliphatic hydroxyl groups excluding tert-OH is 1. The van der Waals surface area contributed by atoms with E-state index in [1.165, 1.54) is 17.3 Å². The lowest BCUT2D eigenvalue weighted by Gasteiger charge is -2.08. The van der Waals surface area contributed by atoms with Gasteiger partial charge in [-0.15, -0.1) is 0 Å². The summed E-state index contributed by atoms with van der Waals surface area (Å²) in [7, 11) is 0. The van der Waals surface area contributed by atoms with Gasteiger partial charge in [0.15, 0.2) is 5.16 Å². The Labute approximate surface area is 163 Å². The fourth-order valence-electron chi connectivity index (χ4n) is 2.62. The number of imidazole rings is 1. The molecule has 0 saturated heterocycles. The van der Waals surface area contributed by atoms with Gasteiger partial charge in [-0.05, 0) is 18.1 Å². The summed E-state index contributed by atoms with van der Waals surface area (Å²) in [4.78, 5) is 16.6. The number of aliphatic hydroxyl groups is 1. The normalized spacial score (nSPS) is 10.7. The van der Waals surface area contributed by atoms with Gasteiger partial charge >= 0.3 is 0 Å². The Bertz CT molecular complexity index is 876. The van der Waals surface area contributed by atoms with Crippen LogP contribution in [-0.2, 0) is 24.5 Å². The first-order valence-corrected chi connectivity index (χ1v) is 9.78. The maximum atomic E-state index is 12.2. The van der Waals surface area contributed by atoms with Gasteiger partial charge in [0.25, 0.3) is 0 Å². The zero-order valence-electron chi connectivity index (χ0n) is 15.3. The zero-order chi connectivity index (χ0) is 19.1. The molecule has 1 heterocycles. The number of benzene rings is 2. The van der Waals surface area contributed by atoms with Crippen LogP contribution in [0.25, 0.3) is 0 Å². The third-order valence-electron chi connectivity index (χ3n) is 4.09. The number of aromatic nitrogens is 2. The molecule has 1 amide bonds. The average molecular weight is 382 g/mol. The Morgan fingerprint density at radius 1 is 1.11 bits per heavy atom. The van der Waals surface area contributed by atoms with Crippen LogP contribution in [0.15, 0.2) is 66.0 Å². The third-order valence-corrected chi connectivity index (χ3v) is 5.08. The molecule has 0 spiro atoms. The first-order chi connectivity index (χ1) is 13.1. The molecule has 0 aliphatic carbocycles. The molecule has 0 bridgehead atoms. The first kappa shape index (κ1) is 19.2. The molecule has 27 heavy (non-hydrogen) atoms. The van der Waals surface area contributed by atoms with Crippen molar-refractivity contribution in [2.75, 3.05) is 5.75 Å². The van der Waals surface area contributed by atoms with Crippen LogP contribution in [-0.4, -0.2) is 26.3 Å². The van der Waals surface area contributed by atoms with Crippen molar-refractivity contribution < 1.29 is 9.90 Å². The van der Waals surface area contributed by atoms with E-state index < -0.39 is 0 Å². The van der Waals surface area contributed by atoms with Crippen molar-refractivity contribution in [2.45, 2.75) is 31.8 Å². The van der Waals surface area contributed by atoms with Crippen molar-refractivity contribution in [3.05, 3.63) is 83.2 Å². The van der Waals surface area contributed by atoms with Crippen LogP contribution in [0.5, 0.6) is 0 Å². The Kier molecular flexibility index (Phi) is 6.68. The molecule has 140 valence electrons. The lowest BCUT2D eigenvalue weighted by atomic mass is 10.1. The molecular weight excluding hydrogens is 358 g/mol. The smallest absolute Gasteiger partial charge is 0.230 e. The fourth-order valence-corrected chi connectivity index (χ4v) is 3.45. The van der Waals surface area contributed by atoms with Gasteiger partial charge in [-0.3, -0.25) is 4.79 Å². The van der Waals surface area contributed by atoms with Gasteiger partial charge in [-0.1, -0.05) is 71.9 Å². The van der Waals surface area contributed by atoms with Crippen molar-refractivity contribution in [3.8, 4) is 0 Å². The topological polar surface area (TPSA) is 67.2 Å². The second-order valence-electron chi connectivity index (χ2n) is 6.34. The highest BCUT2D eigenvalue weighted by Crippen LogP contribution is 2.19. The number of rotatable bonds is 8. The highest BCUT2D eigenvalue weighted by atomic mass is 32.2. The first-order valence-electron chi connectivity index (χ1n) is 8.80. The van der Waals surface area contributed by atoms with Gasteiger partial charge in [0.1, 0.15) is 0 Å². The van der Waals surface area contributed by atoms with E-state index in [-0.39, 0.29) is 18.3 Å². The van der Waals surface area contributed by atoms with Gasteiger partial charge in [0.2, 0.25) is 5.91 Å². The van der Waals surface area contributed by atoms with Gasteiger partial charge in [0.05, 0.1) is 18.1 Å². The number of nitrogens with one attached hydrogen (secondary N) is 1. The van der Waals surface area contributed by atoms with Crippen LogP contribution in [0.1, 0.15) is 22.4 Å². The van der Waals surface area contributed by atoms with Gasteiger partial charge in [0, 0.05) is 19.3 Å². The Balaban J connectivity index is 1.57. The summed E-state index contributed by atoms with van der Waals surface area (Å²) < 4.78 is 1.97. The van der Waals surface area contributed by atoms with E-state index in [0.717, 1.165) is 16.3 Å². The van der Waals surface area contributed by atoms with E-state index in [9.17, 15) is 9.90 Å². The molecule has 0 unspecified atom stereocenters. The summed E-state index contributed by atoms with van der Waals surface area (Å²) in [6, 6.07) is 18.1. The van der Waals surface area contributed by atoms with Crippen LogP contribution in [0, 0.1) is 6.92 Å². The molecule has 5 nitrogen and oxygen atoms in total. The Morgan fingerprint density at radius 3 is 2.56 bits per heavy atom. The predicted octanol–water partition coefficient (Wildman–Crippen LogP) is 3.14. The number of carbonyl (C=O) groups is 1. The summed E-state index contributed by atoms with van der Waals surface area (Å²) in [5, 5.41) is 13.0. The molecule has 6 heteroatoms. The van der Waals surface area contributed by atoms with Crippen LogP contribution in [0.2, 0.25) is 0 Å². The van der Waals surface area contributed by atoms with Gasteiger partial charge in [-0.25, -0.2) is 4.98 Å². The number of nitrogens with zero attached hydrogens (tertiary/aromatic N) is 2. The molecular formula is C21H23N3O2S. The van der Waals surface area contributed by atoms with Crippen molar-refractivity contribution in [1.29, 1.82) is 0 Å². The molecule has 0 saturated carbocycles. The summed E-state index contributed by atoms with van der Waals surface area (Å²) in [5.41, 5.74) is 4.02. The molecule has 2 N–H and O–H groups in total. The lowest BCUT2D eigenvalue weighted by molar-refractivity contribution is -0.118. The Morgan fingerprint density at radius 2 is 1.85 bits per heavy atom. The molecule has 1 aromatic heterocycles. The molecule has 2 aromatic carbocycles. The van der Waals surface area contributed by atoms with E-state index in [0.29, 0.717) is 18.8 Å². The third kappa shape index (κ3) is 5.70. The minimum Gasteiger partial charge on any atom is -0.390 e. The summed E-state index contributed by atoms with van der Waals surface area (Å²) in [6.07, 6.45) is 1.83. The van der Waals surface area contributed by atoms with E-state index in [1.807, 2.05) is 72.3 Å². The van der Waals surface area contributed by atoms with E-state index in [1.54, 1.807) is 0 Å². The predicted molar refractivity (Wildman–Crippen MR) is 107 cm³/mol. The van der Waals surface area contributed by atoms with Crippen LogP contribution >= 0.6 is 11.8 Å². The van der Waals surface area contributed by atoms with Crippen LogP contribution in [0.3, 0.4) is 0 Å². The van der Waals surface area contributed by atoms with E-state index in [4.69, 9.17) is 0 Å². The minimum atomic E-state index is -0.116. The monoisotopic (exact) mass is 381 g/mol. The molecule has 3 aromatic rings. The highest BCUT2D eigenvalue weighted by Gasteiger charge is 2.11. The standard InChI is InChI=1S/C21H23N3O2S/c1-16-7-9-17(10-8-16)11-22-20(26)15-27-21-23-19(14-25)13-24(21)12-18-5-3-2-4-6-18/h2-10,13,25H,11-12,14-15H2,1H3,(H,22,26). The maximum absolute atomic E-state index is 12.2. The summed E-state index contributed by atoms with van der Waals surface area (Å²) >= 11 is 1.38. The number of amides is 1. The fraction of sp³-hybridized carbons (Fsp3) is 0.238. The molecule has 0 aliphatic heterocycles. The molecule has 0 radical (unpaired) electrons. The second-order valence-corrected chi connectivity index (χ2v) is 7.28. The lowest BCUT2D eigenvalue weighted by Crippen LogP contribution is -2.24. The van der Waals surface area contributed by atoms with Crippen molar-refractivity contribution in [2.24, 2.45) is 0 Å². The van der Waals surface area contributed by atoms with E-state index >= 15 is 0 Å². The Hall–Kier alpha value is -2.57. The summed E-state index contributed by atoms with van der Waals surface area (Å²) in [6.45, 7) is 3.09. The molecule has 0 fully saturated rings. The molecule has 3 rings (SSSR count).